The highest BCUT2D eigenvalue weighted by Crippen LogP contribution is 2.16. The molecule has 0 spiro atoms. The molecule has 2 aromatic rings. The van der Waals surface area contributed by atoms with Gasteiger partial charge in [-0.25, -0.2) is 0 Å². The average molecular weight is 290 g/mol. The number of rotatable bonds is 6. The summed E-state index contributed by atoms with van der Waals surface area (Å²) in [6.07, 6.45) is 0.323. The first-order valence-corrected chi connectivity index (χ1v) is 7.39. The lowest BCUT2D eigenvalue weighted by Crippen LogP contribution is -2.27. The minimum Gasteiger partial charge on any atom is -0.493 e. The SMILES string of the molecule is CC(NC(=O)CCOc1cccc(N)c1)c1ccsc1. The molecule has 0 aliphatic carbocycles. The lowest BCUT2D eigenvalue weighted by atomic mass is 10.2. The fraction of sp³-hybridized carbons (Fsp3) is 0.267. The molecule has 1 unspecified atom stereocenters. The maximum atomic E-state index is 11.8. The van der Waals surface area contributed by atoms with Gasteiger partial charge in [-0.3, -0.25) is 4.79 Å². The molecule has 1 aromatic carbocycles. The number of carbonyl (C=O) groups is 1. The van der Waals surface area contributed by atoms with E-state index in [0.29, 0.717) is 24.5 Å². The molecule has 4 nitrogen and oxygen atoms in total. The van der Waals surface area contributed by atoms with Crippen LogP contribution in [-0.4, -0.2) is 12.5 Å². The standard InChI is InChI=1S/C15H18N2O2S/c1-11(12-6-8-20-10-12)17-15(18)5-7-19-14-4-2-3-13(16)9-14/h2-4,6,8-11H,5,7,16H2,1H3,(H,17,18). The summed E-state index contributed by atoms with van der Waals surface area (Å²) in [5, 5.41) is 6.98. The number of benzene rings is 1. The van der Waals surface area contributed by atoms with E-state index in [-0.39, 0.29) is 11.9 Å². The Bertz CT molecular complexity index is 555. The topological polar surface area (TPSA) is 64.3 Å². The Morgan fingerprint density at radius 3 is 3.00 bits per heavy atom. The van der Waals surface area contributed by atoms with Crippen LogP contribution in [0.2, 0.25) is 0 Å². The van der Waals surface area contributed by atoms with Gasteiger partial charge in [0.05, 0.1) is 19.1 Å². The van der Waals surface area contributed by atoms with Crippen molar-refractivity contribution in [3.63, 3.8) is 0 Å². The molecule has 1 aromatic heterocycles. The molecule has 0 aliphatic heterocycles. The first kappa shape index (κ1) is 14.4. The number of thiophene rings is 1. The summed E-state index contributed by atoms with van der Waals surface area (Å²) < 4.78 is 5.49. The van der Waals surface area contributed by atoms with Gasteiger partial charge in [-0.05, 0) is 41.4 Å². The molecule has 3 N–H and O–H groups in total. The Morgan fingerprint density at radius 2 is 2.30 bits per heavy atom. The van der Waals surface area contributed by atoms with Crippen LogP contribution in [0.15, 0.2) is 41.1 Å². The predicted octanol–water partition coefficient (Wildman–Crippen LogP) is 2.98. The molecule has 0 saturated carbocycles. The van der Waals surface area contributed by atoms with E-state index in [1.54, 1.807) is 23.5 Å². The van der Waals surface area contributed by atoms with E-state index >= 15 is 0 Å². The zero-order valence-corrected chi connectivity index (χ0v) is 12.2. The van der Waals surface area contributed by atoms with E-state index in [9.17, 15) is 4.79 Å². The molecule has 0 fully saturated rings. The minimum atomic E-state index is -0.0207. The van der Waals surface area contributed by atoms with Gasteiger partial charge in [0, 0.05) is 11.8 Å². The molecule has 0 saturated heterocycles. The maximum Gasteiger partial charge on any atom is 0.223 e. The van der Waals surface area contributed by atoms with E-state index < -0.39 is 0 Å². The largest absolute Gasteiger partial charge is 0.493 e. The number of ether oxygens (including phenoxy) is 1. The molecule has 5 heteroatoms. The van der Waals surface area contributed by atoms with Crippen molar-refractivity contribution < 1.29 is 9.53 Å². The van der Waals surface area contributed by atoms with Crippen molar-refractivity contribution in [2.45, 2.75) is 19.4 Å². The highest BCUT2D eigenvalue weighted by atomic mass is 32.1. The smallest absolute Gasteiger partial charge is 0.223 e. The van der Waals surface area contributed by atoms with Crippen molar-refractivity contribution in [2.24, 2.45) is 0 Å². The number of nitrogens with one attached hydrogen (secondary N) is 1. The molecule has 2 rings (SSSR count). The second kappa shape index (κ2) is 6.96. The van der Waals surface area contributed by atoms with Crippen LogP contribution in [0, 0.1) is 0 Å². The predicted molar refractivity (Wildman–Crippen MR) is 81.8 cm³/mol. The van der Waals surface area contributed by atoms with Crippen molar-refractivity contribution in [2.75, 3.05) is 12.3 Å². The Labute approximate surface area is 122 Å². The Morgan fingerprint density at radius 1 is 1.45 bits per heavy atom. The molecule has 106 valence electrons. The van der Waals surface area contributed by atoms with Crippen molar-refractivity contribution in [1.29, 1.82) is 0 Å². The summed E-state index contributed by atoms with van der Waals surface area (Å²) in [7, 11) is 0. The zero-order chi connectivity index (χ0) is 14.4. The average Bonchev–Trinajstić information content (AvgIpc) is 2.92. The summed E-state index contributed by atoms with van der Waals surface area (Å²) in [5.41, 5.74) is 7.43. The third-order valence-corrected chi connectivity index (χ3v) is 3.58. The highest BCUT2D eigenvalue weighted by molar-refractivity contribution is 7.07. The molecule has 1 atom stereocenters. The van der Waals surface area contributed by atoms with Crippen LogP contribution < -0.4 is 15.8 Å². The Balaban J connectivity index is 1.73. The minimum absolute atomic E-state index is 0.0207. The van der Waals surface area contributed by atoms with Crippen LogP contribution in [0.4, 0.5) is 5.69 Å². The fourth-order valence-electron chi connectivity index (χ4n) is 1.78. The lowest BCUT2D eigenvalue weighted by Gasteiger charge is -2.13. The van der Waals surface area contributed by atoms with Gasteiger partial charge < -0.3 is 15.8 Å². The van der Waals surface area contributed by atoms with Crippen LogP contribution in [-0.2, 0) is 4.79 Å². The number of nitrogens with two attached hydrogens (primary N) is 1. The number of anilines is 1. The summed E-state index contributed by atoms with van der Waals surface area (Å²) in [5.74, 6) is 0.663. The molecule has 1 heterocycles. The maximum absolute atomic E-state index is 11.8. The van der Waals surface area contributed by atoms with Gasteiger partial charge in [-0.2, -0.15) is 11.3 Å². The summed E-state index contributed by atoms with van der Waals surface area (Å²) in [4.78, 5) is 11.8. The molecule has 20 heavy (non-hydrogen) atoms. The lowest BCUT2D eigenvalue weighted by molar-refractivity contribution is -0.122. The third kappa shape index (κ3) is 4.28. The van der Waals surface area contributed by atoms with Gasteiger partial charge in [0.1, 0.15) is 5.75 Å². The van der Waals surface area contributed by atoms with Crippen LogP contribution in [0.5, 0.6) is 5.75 Å². The molecule has 1 amide bonds. The Kier molecular flexibility index (Phi) is 5.01. The molecular weight excluding hydrogens is 272 g/mol. The molecular formula is C15H18N2O2S. The van der Waals surface area contributed by atoms with Gasteiger partial charge in [0.25, 0.3) is 0 Å². The number of amides is 1. The van der Waals surface area contributed by atoms with Crippen LogP contribution in [0.3, 0.4) is 0 Å². The first-order chi connectivity index (χ1) is 9.65. The first-order valence-electron chi connectivity index (χ1n) is 6.45. The second-order valence-corrected chi connectivity index (χ2v) is 5.30. The summed E-state index contributed by atoms with van der Waals surface area (Å²) in [6.45, 7) is 2.31. The quantitative estimate of drug-likeness (QED) is 0.804. The van der Waals surface area contributed by atoms with E-state index in [4.69, 9.17) is 10.5 Å². The van der Waals surface area contributed by atoms with E-state index in [0.717, 1.165) is 5.56 Å². The third-order valence-electron chi connectivity index (χ3n) is 2.88. The van der Waals surface area contributed by atoms with Crippen molar-refractivity contribution in [1.82, 2.24) is 5.32 Å². The van der Waals surface area contributed by atoms with Crippen molar-refractivity contribution >= 4 is 22.9 Å². The molecule has 0 aliphatic rings. The monoisotopic (exact) mass is 290 g/mol. The molecule has 0 bridgehead atoms. The van der Waals surface area contributed by atoms with E-state index in [1.165, 1.54) is 0 Å². The number of nitrogen functional groups attached to an aromatic ring is 1. The van der Waals surface area contributed by atoms with Gasteiger partial charge >= 0.3 is 0 Å². The Hall–Kier alpha value is -2.01. The van der Waals surface area contributed by atoms with Crippen molar-refractivity contribution in [3.05, 3.63) is 46.7 Å². The highest BCUT2D eigenvalue weighted by Gasteiger charge is 2.09. The number of hydrogen-bond donors (Lipinski definition) is 2. The van der Waals surface area contributed by atoms with E-state index in [2.05, 4.69) is 5.32 Å². The van der Waals surface area contributed by atoms with Gasteiger partial charge in [-0.15, -0.1) is 0 Å². The van der Waals surface area contributed by atoms with Gasteiger partial charge in [-0.1, -0.05) is 6.07 Å². The van der Waals surface area contributed by atoms with Crippen molar-refractivity contribution in [3.8, 4) is 5.75 Å². The van der Waals surface area contributed by atoms with Crippen LogP contribution >= 0.6 is 11.3 Å². The van der Waals surface area contributed by atoms with Gasteiger partial charge in [0.2, 0.25) is 5.91 Å². The summed E-state index contributed by atoms with van der Waals surface area (Å²) >= 11 is 1.62. The second-order valence-electron chi connectivity index (χ2n) is 4.52. The molecule has 0 radical (unpaired) electrons. The van der Waals surface area contributed by atoms with Gasteiger partial charge in [0.15, 0.2) is 0 Å². The zero-order valence-electron chi connectivity index (χ0n) is 11.3. The van der Waals surface area contributed by atoms with Crippen LogP contribution in [0.1, 0.15) is 24.9 Å². The number of carbonyl (C=O) groups excluding carboxylic acids is 1. The summed E-state index contributed by atoms with van der Waals surface area (Å²) in [6, 6.07) is 9.22. The van der Waals surface area contributed by atoms with E-state index in [1.807, 2.05) is 35.9 Å². The fourth-order valence-corrected chi connectivity index (χ4v) is 2.54. The normalized spacial score (nSPS) is 11.8. The number of hydrogen-bond acceptors (Lipinski definition) is 4. The van der Waals surface area contributed by atoms with Crippen LogP contribution in [0.25, 0.3) is 0 Å².